The molecule has 1 aromatic carbocycles. The van der Waals surface area contributed by atoms with E-state index in [1.807, 2.05) is 31.2 Å². The van der Waals surface area contributed by atoms with Crippen molar-refractivity contribution >= 4 is 5.91 Å². The highest BCUT2D eigenvalue weighted by molar-refractivity contribution is 5.74. The minimum atomic E-state index is -0.136. The van der Waals surface area contributed by atoms with Crippen molar-refractivity contribution in [3.63, 3.8) is 0 Å². The van der Waals surface area contributed by atoms with Gasteiger partial charge in [0.25, 0.3) is 0 Å². The maximum Gasteiger partial charge on any atom is 0.247 e. The third kappa shape index (κ3) is 3.42. The first-order valence-electron chi connectivity index (χ1n) is 6.30. The summed E-state index contributed by atoms with van der Waals surface area (Å²) >= 11 is 0. The quantitative estimate of drug-likeness (QED) is 0.781. The Bertz CT molecular complexity index is 578. The molecule has 6 heteroatoms. The van der Waals surface area contributed by atoms with E-state index in [4.69, 9.17) is 9.25 Å². The van der Waals surface area contributed by atoms with E-state index in [0.29, 0.717) is 18.2 Å². The molecule has 0 unspecified atom stereocenters. The summed E-state index contributed by atoms with van der Waals surface area (Å²) in [5.74, 6) is 0.772. The molecule has 0 saturated carbocycles. The lowest BCUT2D eigenvalue weighted by molar-refractivity contribution is -0.168. The number of benzene rings is 1. The van der Waals surface area contributed by atoms with Gasteiger partial charge in [-0.05, 0) is 19.1 Å². The maximum absolute atomic E-state index is 11.6. The fourth-order valence-corrected chi connectivity index (χ4v) is 1.64. The molecule has 0 aliphatic heterocycles. The van der Waals surface area contributed by atoms with Gasteiger partial charge in [-0.3, -0.25) is 9.63 Å². The minimum absolute atomic E-state index is 0.136. The number of hydrogen-bond acceptors (Lipinski definition) is 5. The van der Waals surface area contributed by atoms with E-state index >= 15 is 0 Å². The van der Waals surface area contributed by atoms with Crippen molar-refractivity contribution in [3.05, 3.63) is 35.7 Å². The van der Waals surface area contributed by atoms with E-state index in [2.05, 4.69) is 10.2 Å². The van der Waals surface area contributed by atoms with Crippen molar-refractivity contribution in [1.82, 2.24) is 15.3 Å². The number of nitrogens with zero attached hydrogens (tertiary/aromatic N) is 3. The summed E-state index contributed by atoms with van der Waals surface area (Å²) in [7, 11) is 3.01. The lowest BCUT2D eigenvalue weighted by atomic mass is 10.1. The van der Waals surface area contributed by atoms with Crippen LogP contribution in [-0.2, 0) is 16.1 Å². The molecule has 0 atom stereocenters. The summed E-state index contributed by atoms with van der Waals surface area (Å²) < 4.78 is 5.54. The Kier molecular flexibility index (Phi) is 4.47. The minimum Gasteiger partial charge on any atom is -0.421 e. The standard InChI is InChI=1S/C14H17N3O3/c1-10-4-6-11(7-5-10)14-16-15-12(20-14)8-9-13(18)17(2)19-3/h4-7H,8-9H2,1-3H3. The van der Waals surface area contributed by atoms with E-state index in [1.165, 1.54) is 17.7 Å². The number of hydrogen-bond donors (Lipinski definition) is 0. The van der Waals surface area contributed by atoms with Gasteiger partial charge in [0.15, 0.2) is 0 Å². The smallest absolute Gasteiger partial charge is 0.247 e. The molecular weight excluding hydrogens is 258 g/mol. The normalized spacial score (nSPS) is 10.6. The van der Waals surface area contributed by atoms with E-state index in [0.717, 1.165) is 5.56 Å². The van der Waals surface area contributed by atoms with Crippen molar-refractivity contribution < 1.29 is 14.0 Å². The first-order valence-corrected chi connectivity index (χ1v) is 6.30. The van der Waals surface area contributed by atoms with E-state index in [9.17, 15) is 4.79 Å². The number of aromatic nitrogens is 2. The summed E-state index contributed by atoms with van der Waals surface area (Å²) in [4.78, 5) is 16.4. The lowest BCUT2D eigenvalue weighted by Gasteiger charge is -2.12. The van der Waals surface area contributed by atoms with Gasteiger partial charge in [0.1, 0.15) is 0 Å². The molecule has 0 spiro atoms. The molecule has 0 aliphatic rings. The third-order valence-corrected chi connectivity index (χ3v) is 2.94. The summed E-state index contributed by atoms with van der Waals surface area (Å²) in [6, 6.07) is 7.82. The van der Waals surface area contributed by atoms with Gasteiger partial charge in [-0.25, -0.2) is 5.06 Å². The van der Waals surface area contributed by atoms with Crippen LogP contribution in [0, 0.1) is 6.92 Å². The van der Waals surface area contributed by atoms with Gasteiger partial charge in [-0.2, -0.15) is 0 Å². The van der Waals surface area contributed by atoms with Crippen LogP contribution in [0.2, 0.25) is 0 Å². The summed E-state index contributed by atoms with van der Waals surface area (Å²) in [5, 5.41) is 9.11. The van der Waals surface area contributed by atoms with Crippen LogP contribution in [0.15, 0.2) is 28.7 Å². The summed E-state index contributed by atoms with van der Waals surface area (Å²) in [6.45, 7) is 2.01. The van der Waals surface area contributed by atoms with Crippen molar-refractivity contribution in [2.45, 2.75) is 19.8 Å². The molecule has 0 radical (unpaired) electrons. The van der Waals surface area contributed by atoms with E-state index in [1.54, 1.807) is 7.05 Å². The van der Waals surface area contributed by atoms with Crippen LogP contribution >= 0.6 is 0 Å². The molecule has 2 aromatic rings. The second-order valence-electron chi connectivity index (χ2n) is 4.44. The van der Waals surface area contributed by atoms with Crippen LogP contribution in [0.1, 0.15) is 17.9 Å². The first-order chi connectivity index (χ1) is 9.60. The van der Waals surface area contributed by atoms with Gasteiger partial charge < -0.3 is 4.42 Å². The molecule has 2 rings (SSSR count). The maximum atomic E-state index is 11.6. The molecule has 106 valence electrons. The van der Waals surface area contributed by atoms with Crippen LogP contribution < -0.4 is 0 Å². The fraction of sp³-hybridized carbons (Fsp3) is 0.357. The van der Waals surface area contributed by atoms with Gasteiger partial charge >= 0.3 is 0 Å². The van der Waals surface area contributed by atoms with Crippen molar-refractivity contribution in [3.8, 4) is 11.5 Å². The van der Waals surface area contributed by atoms with E-state index < -0.39 is 0 Å². The molecule has 1 heterocycles. The Labute approximate surface area is 117 Å². The van der Waals surface area contributed by atoms with Crippen molar-refractivity contribution in [1.29, 1.82) is 0 Å². The number of aryl methyl sites for hydroxylation is 2. The number of amides is 1. The highest BCUT2D eigenvalue weighted by Gasteiger charge is 2.12. The highest BCUT2D eigenvalue weighted by Crippen LogP contribution is 2.18. The number of carbonyl (C=O) groups is 1. The molecule has 0 N–H and O–H groups in total. The van der Waals surface area contributed by atoms with Gasteiger partial charge in [0, 0.05) is 25.5 Å². The van der Waals surface area contributed by atoms with Gasteiger partial charge in [-0.1, -0.05) is 17.7 Å². The predicted octanol–water partition coefficient (Wildman–Crippen LogP) is 2.00. The van der Waals surface area contributed by atoms with Gasteiger partial charge in [0.05, 0.1) is 7.11 Å². The zero-order valence-corrected chi connectivity index (χ0v) is 11.8. The zero-order chi connectivity index (χ0) is 14.5. The average molecular weight is 275 g/mol. The zero-order valence-electron chi connectivity index (χ0n) is 11.8. The monoisotopic (exact) mass is 275 g/mol. The Balaban J connectivity index is 1.99. The van der Waals surface area contributed by atoms with Gasteiger partial charge in [-0.15, -0.1) is 10.2 Å². The molecular formula is C14H17N3O3. The van der Waals surface area contributed by atoms with Crippen LogP contribution in [-0.4, -0.2) is 35.3 Å². The number of rotatable bonds is 5. The molecule has 0 bridgehead atoms. The molecule has 1 amide bonds. The fourth-order valence-electron chi connectivity index (χ4n) is 1.64. The predicted molar refractivity (Wildman–Crippen MR) is 72.6 cm³/mol. The average Bonchev–Trinajstić information content (AvgIpc) is 2.93. The highest BCUT2D eigenvalue weighted by atomic mass is 16.7. The van der Waals surface area contributed by atoms with Crippen LogP contribution in [0.5, 0.6) is 0 Å². The van der Waals surface area contributed by atoms with Crippen molar-refractivity contribution in [2.24, 2.45) is 0 Å². The van der Waals surface area contributed by atoms with Crippen LogP contribution in [0.3, 0.4) is 0 Å². The second kappa shape index (κ2) is 6.29. The Morgan fingerprint density at radius 3 is 2.65 bits per heavy atom. The number of carbonyl (C=O) groups excluding carboxylic acids is 1. The number of hydroxylamine groups is 2. The van der Waals surface area contributed by atoms with Crippen LogP contribution in [0.4, 0.5) is 0 Å². The third-order valence-electron chi connectivity index (χ3n) is 2.94. The molecule has 0 fully saturated rings. The molecule has 0 aliphatic carbocycles. The van der Waals surface area contributed by atoms with E-state index in [-0.39, 0.29) is 12.3 Å². The summed E-state index contributed by atoms with van der Waals surface area (Å²) in [6.07, 6.45) is 0.658. The Morgan fingerprint density at radius 1 is 1.30 bits per heavy atom. The van der Waals surface area contributed by atoms with Gasteiger partial charge in [0.2, 0.25) is 17.7 Å². The lowest BCUT2D eigenvalue weighted by Crippen LogP contribution is -2.25. The Hall–Kier alpha value is -2.21. The molecule has 1 aromatic heterocycles. The SMILES string of the molecule is CON(C)C(=O)CCc1nnc(-c2ccc(C)cc2)o1. The van der Waals surface area contributed by atoms with Crippen molar-refractivity contribution in [2.75, 3.05) is 14.2 Å². The summed E-state index contributed by atoms with van der Waals surface area (Å²) in [5.41, 5.74) is 2.04. The van der Waals surface area contributed by atoms with Crippen LogP contribution in [0.25, 0.3) is 11.5 Å². The Morgan fingerprint density at radius 2 is 2.00 bits per heavy atom. The second-order valence-corrected chi connectivity index (χ2v) is 4.44. The largest absolute Gasteiger partial charge is 0.421 e. The first kappa shape index (κ1) is 14.2. The molecule has 0 saturated heterocycles. The molecule has 20 heavy (non-hydrogen) atoms. The topological polar surface area (TPSA) is 68.5 Å². The molecule has 6 nitrogen and oxygen atoms in total.